The van der Waals surface area contributed by atoms with E-state index in [-0.39, 0.29) is 17.2 Å². The third kappa shape index (κ3) is 5.40. The molecule has 1 fully saturated rings. The van der Waals surface area contributed by atoms with Crippen LogP contribution in [0, 0.1) is 17.0 Å². The predicted molar refractivity (Wildman–Crippen MR) is 133 cm³/mol. The topological polar surface area (TPSA) is 105 Å². The summed E-state index contributed by atoms with van der Waals surface area (Å²) in [4.78, 5) is 38.5. The fraction of sp³-hybridized carbons (Fsp3) is 0.231. The molecule has 4 rings (SSSR count). The molecule has 8 nitrogen and oxygen atoms in total. The van der Waals surface area contributed by atoms with E-state index in [1.54, 1.807) is 12.1 Å². The molecular formula is C26H26N4O4. The Morgan fingerprint density at radius 2 is 1.53 bits per heavy atom. The van der Waals surface area contributed by atoms with Crippen molar-refractivity contribution >= 4 is 34.6 Å². The normalized spacial score (nSPS) is 13.3. The van der Waals surface area contributed by atoms with Gasteiger partial charge < -0.3 is 15.5 Å². The molecule has 0 aliphatic carbocycles. The number of amides is 2. The second-order valence-electron chi connectivity index (χ2n) is 8.36. The van der Waals surface area contributed by atoms with Gasteiger partial charge in [-0.15, -0.1) is 0 Å². The SMILES string of the molecule is Cc1cccc(NC(=O)c2cc(NC(=O)c3ccc([N+](=O)[O-])cc3)ccc2N2CCCCC2)c1. The van der Waals surface area contributed by atoms with Crippen molar-refractivity contribution < 1.29 is 14.5 Å². The highest BCUT2D eigenvalue weighted by Gasteiger charge is 2.20. The van der Waals surface area contributed by atoms with Crippen LogP contribution >= 0.6 is 0 Å². The minimum Gasteiger partial charge on any atom is -0.371 e. The van der Waals surface area contributed by atoms with Gasteiger partial charge in [-0.25, -0.2) is 0 Å². The second kappa shape index (κ2) is 10.2. The first-order chi connectivity index (χ1) is 16.4. The molecule has 34 heavy (non-hydrogen) atoms. The third-order valence-corrected chi connectivity index (χ3v) is 5.81. The molecule has 2 N–H and O–H groups in total. The van der Waals surface area contributed by atoms with E-state index in [4.69, 9.17) is 0 Å². The fourth-order valence-electron chi connectivity index (χ4n) is 4.07. The first-order valence-electron chi connectivity index (χ1n) is 11.2. The van der Waals surface area contributed by atoms with Crippen molar-refractivity contribution in [1.29, 1.82) is 0 Å². The summed E-state index contributed by atoms with van der Waals surface area (Å²) in [7, 11) is 0. The van der Waals surface area contributed by atoms with Crippen molar-refractivity contribution in [2.45, 2.75) is 26.2 Å². The lowest BCUT2D eigenvalue weighted by atomic mass is 10.1. The van der Waals surface area contributed by atoms with E-state index in [1.165, 1.54) is 30.7 Å². The summed E-state index contributed by atoms with van der Waals surface area (Å²) in [6.45, 7) is 3.71. The zero-order valence-electron chi connectivity index (χ0n) is 18.9. The molecule has 0 unspecified atom stereocenters. The average molecular weight is 459 g/mol. The number of carbonyl (C=O) groups is 2. The molecule has 3 aromatic carbocycles. The number of rotatable bonds is 6. The number of hydrogen-bond donors (Lipinski definition) is 2. The molecule has 0 atom stereocenters. The number of piperidine rings is 1. The monoisotopic (exact) mass is 458 g/mol. The molecule has 0 saturated carbocycles. The Morgan fingerprint density at radius 3 is 2.21 bits per heavy atom. The summed E-state index contributed by atoms with van der Waals surface area (Å²) < 4.78 is 0. The van der Waals surface area contributed by atoms with Gasteiger partial charge in [-0.2, -0.15) is 0 Å². The van der Waals surface area contributed by atoms with E-state index in [9.17, 15) is 19.7 Å². The van der Waals surface area contributed by atoms with Gasteiger partial charge in [-0.3, -0.25) is 19.7 Å². The number of anilines is 3. The summed E-state index contributed by atoms with van der Waals surface area (Å²) in [5.41, 5.74) is 3.73. The van der Waals surface area contributed by atoms with Crippen molar-refractivity contribution in [2.24, 2.45) is 0 Å². The number of nitro groups is 1. The highest BCUT2D eigenvalue weighted by Crippen LogP contribution is 2.28. The number of hydrogen-bond acceptors (Lipinski definition) is 5. The zero-order chi connectivity index (χ0) is 24.1. The van der Waals surface area contributed by atoms with Gasteiger partial charge in [0.2, 0.25) is 0 Å². The molecule has 0 bridgehead atoms. The number of benzene rings is 3. The van der Waals surface area contributed by atoms with Gasteiger partial charge in [0.05, 0.1) is 10.5 Å². The number of nitrogens with zero attached hydrogens (tertiary/aromatic N) is 2. The summed E-state index contributed by atoms with van der Waals surface area (Å²) >= 11 is 0. The van der Waals surface area contributed by atoms with Gasteiger partial charge in [-0.1, -0.05) is 12.1 Å². The Hall–Kier alpha value is -4.20. The van der Waals surface area contributed by atoms with Gasteiger partial charge >= 0.3 is 0 Å². The lowest BCUT2D eigenvalue weighted by molar-refractivity contribution is -0.384. The summed E-state index contributed by atoms with van der Waals surface area (Å²) in [5.74, 6) is -0.664. The molecule has 3 aromatic rings. The number of carbonyl (C=O) groups excluding carboxylic acids is 2. The van der Waals surface area contributed by atoms with E-state index >= 15 is 0 Å². The molecule has 174 valence electrons. The van der Waals surface area contributed by atoms with Crippen molar-refractivity contribution in [3.05, 3.63) is 93.5 Å². The minimum atomic E-state index is -0.514. The number of aryl methyl sites for hydroxylation is 1. The van der Waals surface area contributed by atoms with Crippen molar-refractivity contribution in [2.75, 3.05) is 28.6 Å². The number of nitro benzene ring substituents is 1. The van der Waals surface area contributed by atoms with Crippen molar-refractivity contribution in [3.63, 3.8) is 0 Å². The molecule has 8 heteroatoms. The Labute approximate surface area is 197 Å². The molecule has 0 radical (unpaired) electrons. The Morgan fingerprint density at radius 1 is 0.853 bits per heavy atom. The molecule has 1 heterocycles. The van der Waals surface area contributed by atoms with Crippen LogP contribution in [0.15, 0.2) is 66.7 Å². The first kappa shape index (κ1) is 23.0. The maximum absolute atomic E-state index is 13.3. The Kier molecular flexibility index (Phi) is 6.87. The number of non-ortho nitro benzene ring substituents is 1. The molecule has 1 saturated heterocycles. The third-order valence-electron chi connectivity index (χ3n) is 5.81. The average Bonchev–Trinajstić information content (AvgIpc) is 2.84. The summed E-state index contributed by atoms with van der Waals surface area (Å²) in [6.07, 6.45) is 3.31. The van der Waals surface area contributed by atoms with Crippen LogP contribution in [0.4, 0.5) is 22.7 Å². The van der Waals surface area contributed by atoms with Crippen LogP contribution in [0.2, 0.25) is 0 Å². The predicted octanol–water partition coefficient (Wildman–Crippen LogP) is 5.40. The minimum absolute atomic E-state index is 0.0856. The van der Waals surface area contributed by atoms with Crippen LogP contribution in [-0.2, 0) is 0 Å². The maximum atomic E-state index is 13.3. The van der Waals surface area contributed by atoms with Crippen LogP contribution < -0.4 is 15.5 Å². The molecule has 0 spiro atoms. The number of nitrogens with one attached hydrogen (secondary N) is 2. The molecule has 2 amide bonds. The molecule has 0 aromatic heterocycles. The van der Waals surface area contributed by atoms with E-state index < -0.39 is 10.8 Å². The highest BCUT2D eigenvalue weighted by molar-refractivity contribution is 6.10. The fourth-order valence-corrected chi connectivity index (χ4v) is 4.07. The van der Waals surface area contributed by atoms with Gasteiger partial charge in [0.15, 0.2) is 0 Å². The first-order valence-corrected chi connectivity index (χ1v) is 11.2. The lowest BCUT2D eigenvalue weighted by Gasteiger charge is -2.30. The van der Waals surface area contributed by atoms with Crippen molar-refractivity contribution in [1.82, 2.24) is 0 Å². The maximum Gasteiger partial charge on any atom is 0.269 e. The Bertz CT molecular complexity index is 1220. The van der Waals surface area contributed by atoms with E-state index in [0.29, 0.717) is 16.9 Å². The molecule has 1 aliphatic heterocycles. The standard InChI is InChI=1S/C26H26N4O4/c1-18-6-5-7-20(16-18)28-26(32)23-17-21(10-13-24(23)29-14-3-2-4-15-29)27-25(31)19-8-11-22(12-9-19)30(33)34/h5-13,16-17H,2-4,14-15H2,1H3,(H,27,31)(H,28,32). The van der Waals surface area contributed by atoms with Crippen molar-refractivity contribution in [3.8, 4) is 0 Å². The summed E-state index contributed by atoms with van der Waals surface area (Å²) in [6, 6.07) is 18.3. The van der Waals surface area contributed by atoms with E-state index in [0.717, 1.165) is 37.2 Å². The Balaban J connectivity index is 1.60. The zero-order valence-corrected chi connectivity index (χ0v) is 18.9. The summed E-state index contributed by atoms with van der Waals surface area (Å²) in [5, 5.41) is 16.6. The van der Waals surface area contributed by atoms with Gasteiger partial charge in [-0.05, 0) is 74.2 Å². The molecule has 1 aliphatic rings. The van der Waals surface area contributed by atoms with Crippen LogP contribution in [0.5, 0.6) is 0 Å². The quantitative estimate of drug-likeness (QED) is 0.380. The van der Waals surface area contributed by atoms with E-state index in [2.05, 4.69) is 15.5 Å². The van der Waals surface area contributed by atoms with Gasteiger partial charge in [0.1, 0.15) is 0 Å². The van der Waals surface area contributed by atoms with Crippen LogP contribution in [0.3, 0.4) is 0 Å². The van der Waals surface area contributed by atoms with Crippen LogP contribution in [0.1, 0.15) is 45.5 Å². The lowest BCUT2D eigenvalue weighted by Crippen LogP contribution is -2.31. The van der Waals surface area contributed by atoms with Gasteiger partial charge in [0, 0.05) is 47.8 Å². The second-order valence-corrected chi connectivity index (χ2v) is 8.36. The smallest absolute Gasteiger partial charge is 0.269 e. The molecular weight excluding hydrogens is 432 g/mol. The van der Waals surface area contributed by atoms with Crippen LogP contribution in [0.25, 0.3) is 0 Å². The van der Waals surface area contributed by atoms with E-state index in [1.807, 2.05) is 37.3 Å². The largest absolute Gasteiger partial charge is 0.371 e. The van der Waals surface area contributed by atoms with Gasteiger partial charge in [0.25, 0.3) is 17.5 Å². The highest BCUT2D eigenvalue weighted by atomic mass is 16.6. The van der Waals surface area contributed by atoms with Crippen LogP contribution in [-0.4, -0.2) is 29.8 Å².